The summed E-state index contributed by atoms with van der Waals surface area (Å²) in [7, 11) is 1.62. The first-order chi connectivity index (χ1) is 14.5. The van der Waals surface area contributed by atoms with Gasteiger partial charge in [0.05, 0.1) is 13.5 Å². The number of nitrogens with one attached hydrogen (secondary N) is 1. The van der Waals surface area contributed by atoms with Crippen molar-refractivity contribution in [2.75, 3.05) is 7.11 Å². The molecule has 1 N–H and O–H groups in total. The van der Waals surface area contributed by atoms with E-state index in [0.29, 0.717) is 6.54 Å². The van der Waals surface area contributed by atoms with E-state index in [9.17, 15) is 9.59 Å². The van der Waals surface area contributed by atoms with Gasteiger partial charge in [-0.2, -0.15) is 0 Å². The van der Waals surface area contributed by atoms with Gasteiger partial charge in [0.25, 0.3) is 0 Å². The van der Waals surface area contributed by atoms with Crippen molar-refractivity contribution in [1.29, 1.82) is 0 Å². The zero-order valence-electron chi connectivity index (χ0n) is 17.6. The normalized spacial score (nSPS) is 14.9. The topological polar surface area (TPSA) is 58.6 Å². The van der Waals surface area contributed by atoms with Crippen LogP contribution in [-0.4, -0.2) is 35.9 Å². The van der Waals surface area contributed by atoms with Gasteiger partial charge in [0.2, 0.25) is 11.8 Å². The Morgan fingerprint density at radius 1 is 1.13 bits per heavy atom. The van der Waals surface area contributed by atoms with Crippen molar-refractivity contribution in [3.8, 4) is 5.75 Å². The van der Waals surface area contributed by atoms with Gasteiger partial charge in [0.15, 0.2) is 0 Å². The summed E-state index contributed by atoms with van der Waals surface area (Å²) < 4.78 is 6.14. The van der Waals surface area contributed by atoms with Gasteiger partial charge in [-0.15, -0.1) is 0 Å². The third kappa shape index (κ3) is 6.08. The van der Waals surface area contributed by atoms with Gasteiger partial charge in [0, 0.05) is 17.1 Å². The molecule has 6 heteroatoms. The molecule has 0 spiro atoms. The summed E-state index contributed by atoms with van der Waals surface area (Å²) in [6.07, 6.45) is 4.57. The summed E-state index contributed by atoms with van der Waals surface area (Å²) in [4.78, 5) is 27.8. The van der Waals surface area contributed by atoms with E-state index in [1.165, 1.54) is 0 Å². The molecule has 3 rings (SSSR count). The third-order valence-electron chi connectivity index (χ3n) is 5.63. The van der Waals surface area contributed by atoms with Crippen LogP contribution in [0.25, 0.3) is 0 Å². The first kappa shape index (κ1) is 22.3. The van der Waals surface area contributed by atoms with E-state index in [1.54, 1.807) is 12.0 Å². The molecule has 0 saturated heterocycles. The molecule has 0 aliphatic heterocycles. The molecule has 160 valence electrons. The van der Waals surface area contributed by atoms with Crippen molar-refractivity contribution in [1.82, 2.24) is 10.2 Å². The number of methoxy groups -OCH3 is 1. The summed E-state index contributed by atoms with van der Waals surface area (Å²) in [6, 6.07) is 15.0. The first-order valence-electron chi connectivity index (χ1n) is 10.4. The number of hydrogen-bond acceptors (Lipinski definition) is 3. The molecule has 30 heavy (non-hydrogen) atoms. The highest BCUT2D eigenvalue weighted by molar-refractivity contribution is 9.10. The monoisotopic (exact) mass is 472 g/mol. The lowest BCUT2D eigenvalue weighted by Gasteiger charge is -2.30. The number of carbonyl (C=O) groups is 2. The molecule has 1 atom stereocenters. The van der Waals surface area contributed by atoms with Crippen molar-refractivity contribution < 1.29 is 14.3 Å². The Bertz CT molecular complexity index is 863. The Balaban J connectivity index is 1.75. The number of ether oxygens (including phenoxy) is 1. The van der Waals surface area contributed by atoms with Crippen LogP contribution in [0.1, 0.15) is 43.7 Å². The van der Waals surface area contributed by atoms with Crippen LogP contribution in [0.15, 0.2) is 53.0 Å². The number of rotatable bonds is 8. The van der Waals surface area contributed by atoms with Crippen molar-refractivity contribution >= 4 is 27.7 Å². The molecule has 0 bridgehead atoms. The predicted molar refractivity (Wildman–Crippen MR) is 121 cm³/mol. The number of carbonyl (C=O) groups excluding carboxylic acids is 2. The Hall–Kier alpha value is -2.34. The minimum Gasteiger partial charge on any atom is -0.497 e. The van der Waals surface area contributed by atoms with E-state index in [1.807, 2.05) is 55.5 Å². The van der Waals surface area contributed by atoms with Gasteiger partial charge in [-0.3, -0.25) is 9.59 Å². The lowest BCUT2D eigenvalue weighted by molar-refractivity contribution is -0.140. The molecule has 0 aromatic heterocycles. The van der Waals surface area contributed by atoms with Gasteiger partial charge in [0.1, 0.15) is 11.8 Å². The Kier molecular flexibility index (Phi) is 7.91. The Labute approximate surface area is 186 Å². The second-order valence-corrected chi connectivity index (χ2v) is 8.76. The quantitative estimate of drug-likeness (QED) is 0.616. The van der Waals surface area contributed by atoms with Gasteiger partial charge < -0.3 is 15.0 Å². The SMILES string of the molecule is COc1ccc(CC(=O)N(Cc2cccc(Br)c2)[C@@H](C)C(=O)NC2CCCC2)cc1. The molecule has 2 amide bonds. The van der Waals surface area contributed by atoms with Gasteiger partial charge >= 0.3 is 0 Å². The highest BCUT2D eigenvalue weighted by Crippen LogP contribution is 2.20. The van der Waals surface area contributed by atoms with Crippen molar-refractivity contribution in [3.63, 3.8) is 0 Å². The third-order valence-corrected chi connectivity index (χ3v) is 6.12. The molecule has 2 aromatic rings. The summed E-state index contributed by atoms with van der Waals surface area (Å²) in [5.41, 5.74) is 1.87. The van der Waals surface area contributed by atoms with E-state index in [0.717, 1.165) is 47.0 Å². The second kappa shape index (κ2) is 10.6. The lowest BCUT2D eigenvalue weighted by atomic mass is 10.1. The molecular weight excluding hydrogens is 444 g/mol. The average Bonchev–Trinajstić information content (AvgIpc) is 3.25. The van der Waals surface area contributed by atoms with Crippen LogP contribution in [0, 0.1) is 0 Å². The average molecular weight is 473 g/mol. The Morgan fingerprint density at radius 2 is 1.83 bits per heavy atom. The standard InChI is InChI=1S/C24H29BrN2O3/c1-17(24(29)26-21-8-3-4-9-21)27(16-19-6-5-7-20(25)14-19)23(28)15-18-10-12-22(30-2)13-11-18/h5-7,10-14,17,21H,3-4,8-9,15-16H2,1-2H3,(H,26,29)/t17-/m0/s1. The fraction of sp³-hybridized carbons (Fsp3) is 0.417. The molecule has 1 fully saturated rings. The van der Waals surface area contributed by atoms with Crippen LogP contribution in [0.3, 0.4) is 0 Å². The molecule has 0 heterocycles. The summed E-state index contributed by atoms with van der Waals surface area (Å²) >= 11 is 3.49. The number of amides is 2. The van der Waals surface area contributed by atoms with Crippen LogP contribution in [0.2, 0.25) is 0 Å². The Morgan fingerprint density at radius 3 is 2.47 bits per heavy atom. The maximum absolute atomic E-state index is 13.2. The maximum Gasteiger partial charge on any atom is 0.242 e. The molecule has 2 aromatic carbocycles. The van der Waals surface area contributed by atoms with Gasteiger partial charge in [-0.1, -0.05) is 53.0 Å². The van der Waals surface area contributed by atoms with Gasteiger partial charge in [-0.05, 0) is 55.2 Å². The highest BCUT2D eigenvalue weighted by atomic mass is 79.9. The minimum absolute atomic E-state index is 0.0748. The van der Waals surface area contributed by atoms with Crippen molar-refractivity contribution in [3.05, 3.63) is 64.1 Å². The molecule has 0 unspecified atom stereocenters. The first-order valence-corrected chi connectivity index (χ1v) is 11.2. The van der Waals surface area contributed by atoms with Crippen LogP contribution in [0.5, 0.6) is 5.75 Å². The molecule has 5 nitrogen and oxygen atoms in total. The highest BCUT2D eigenvalue weighted by Gasteiger charge is 2.28. The van der Waals surface area contributed by atoms with E-state index in [2.05, 4.69) is 21.2 Å². The van der Waals surface area contributed by atoms with E-state index in [-0.39, 0.29) is 24.3 Å². The molecule has 1 saturated carbocycles. The largest absolute Gasteiger partial charge is 0.497 e. The molecule has 1 aliphatic carbocycles. The zero-order chi connectivity index (χ0) is 21.5. The van der Waals surface area contributed by atoms with Gasteiger partial charge in [-0.25, -0.2) is 0 Å². The van der Waals surface area contributed by atoms with E-state index < -0.39 is 6.04 Å². The second-order valence-electron chi connectivity index (χ2n) is 7.84. The zero-order valence-corrected chi connectivity index (χ0v) is 19.2. The summed E-state index contributed by atoms with van der Waals surface area (Å²) in [5, 5.41) is 3.13. The molecule has 1 aliphatic rings. The number of benzene rings is 2. The number of halogens is 1. The van der Waals surface area contributed by atoms with Crippen LogP contribution < -0.4 is 10.1 Å². The maximum atomic E-state index is 13.2. The summed E-state index contributed by atoms with van der Waals surface area (Å²) in [5.74, 6) is 0.593. The van der Waals surface area contributed by atoms with Crippen molar-refractivity contribution in [2.45, 2.75) is 57.7 Å². The fourth-order valence-electron chi connectivity index (χ4n) is 3.83. The number of hydrogen-bond donors (Lipinski definition) is 1. The predicted octanol–water partition coefficient (Wildman–Crippen LogP) is 4.48. The lowest BCUT2D eigenvalue weighted by Crippen LogP contribution is -2.50. The van der Waals surface area contributed by atoms with Crippen LogP contribution >= 0.6 is 15.9 Å². The fourth-order valence-corrected chi connectivity index (χ4v) is 4.27. The minimum atomic E-state index is -0.546. The molecular formula is C24H29BrN2O3. The number of nitrogens with zero attached hydrogens (tertiary/aromatic N) is 1. The smallest absolute Gasteiger partial charge is 0.242 e. The van der Waals surface area contributed by atoms with Crippen molar-refractivity contribution in [2.24, 2.45) is 0 Å². The van der Waals surface area contributed by atoms with Crippen LogP contribution in [-0.2, 0) is 22.6 Å². The molecule has 0 radical (unpaired) electrons. The van der Waals surface area contributed by atoms with E-state index >= 15 is 0 Å². The van der Waals surface area contributed by atoms with E-state index in [4.69, 9.17) is 4.74 Å². The van der Waals surface area contributed by atoms with Crippen LogP contribution in [0.4, 0.5) is 0 Å². The summed E-state index contributed by atoms with van der Waals surface area (Å²) in [6.45, 7) is 2.20.